The number of nitrogens with one attached hydrogen (secondary N) is 1. The van der Waals surface area contributed by atoms with Crippen LogP contribution < -0.4 is 0 Å². The molecule has 1 unspecified atom stereocenters. The van der Waals surface area contributed by atoms with E-state index < -0.39 is 0 Å². The third kappa shape index (κ3) is 1.91. The van der Waals surface area contributed by atoms with Crippen molar-refractivity contribution in [3.8, 4) is 0 Å². The fraction of sp³-hybridized carbons (Fsp3) is 0.400. The molecular formula is C10H14N2. The van der Waals surface area contributed by atoms with E-state index >= 15 is 0 Å². The van der Waals surface area contributed by atoms with Crippen molar-refractivity contribution in [2.45, 2.75) is 20.3 Å². The Hall–Kier alpha value is -1.18. The summed E-state index contributed by atoms with van der Waals surface area (Å²) in [6.07, 6.45) is 4.48. The highest BCUT2D eigenvalue weighted by atomic mass is 14.6. The average molecular weight is 162 g/mol. The second-order valence-electron chi connectivity index (χ2n) is 2.96. The number of pyridine rings is 1. The number of hydrogen-bond acceptors (Lipinski definition) is 2. The Morgan fingerprint density at radius 3 is 2.92 bits per heavy atom. The van der Waals surface area contributed by atoms with E-state index in [1.165, 1.54) is 0 Å². The summed E-state index contributed by atoms with van der Waals surface area (Å²) in [4.78, 5) is 3.98. The van der Waals surface area contributed by atoms with Crippen molar-refractivity contribution >= 4 is 5.71 Å². The van der Waals surface area contributed by atoms with Gasteiger partial charge in [-0.1, -0.05) is 19.9 Å². The molecule has 1 aromatic heterocycles. The molecule has 64 valence electrons. The Kier molecular flexibility index (Phi) is 2.97. The van der Waals surface area contributed by atoms with Crippen LogP contribution in [0.4, 0.5) is 0 Å². The van der Waals surface area contributed by atoms with E-state index in [1.807, 2.05) is 12.1 Å². The fourth-order valence-corrected chi connectivity index (χ4v) is 1.01. The summed E-state index contributed by atoms with van der Waals surface area (Å²) < 4.78 is 0. The summed E-state index contributed by atoms with van der Waals surface area (Å²) >= 11 is 0. The molecule has 1 N–H and O–H groups in total. The highest BCUT2D eigenvalue weighted by Gasteiger charge is 2.07. The highest BCUT2D eigenvalue weighted by Crippen LogP contribution is 2.09. The molecule has 0 aliphatic heterocycles. The molecule has 0 saturated carbocycles. The van der Waals surface area contributed by atoms with E-state index in [4.69, 9.17) is 5.41 Å². The predicted molar refractivity (Wildman–Crippen MR) is 50.5 cm³/mol. The molecule has 1 aromatic rings. The minimum Gasteiger partial charge on any atom is -0.304 e. The lowest BCUT2D eigenvalue weighted by Gasteiger charge is -2.09. The van der Waals surface area contributed by atoms with Crippen molar-refractivity contribution in [2.75, 3.05) is 0 Å². The Labute approximate surface area is 73.2 Å². The summed E-state index contributed by atoms with van der Waals surface area (Å²) in [7, 11) is 0. The SMILES string of the molecule is CCC(C)C(=N)c1cccnc1. The zero-order valence-electron chi connectivity index (χ0n) is 7.54. The number of rotatable bonds is 3. The van der Waals surface area contributed by atoms with Crippen LogP contribution in [0.25, 0.3) is 0 Å². The van der Waals surface area contributed by atoms with Gasteiger partial charge in [-0.3, -0.25) is 4.98 Å². The number of aromatic nitrogens is 1. The minimum atomic E-state index is 0.328. The molecular weight excluding hydrogens is 148 g/mol. The van der Waals surface area contributed by atoms with E-state index in [1.54, 1.807) is 12.4 Å². The maximum Gasteiger partial charge on any atom is 0.0429 e. The van der Waals surface area contributed by atoms with Crippen LogP contribution in [0.15, 0.2) is 24.5 Å². The lowest BCUT2D eigenvalue weighted by Crippen LogP contribution is -2.10. The summed E-state index contributed by atoms with van der Waals surface area (Å²) in [6.45, 7) is 4.16. The van der Waals surface area contributed by atoms with Crippen LogP contribution >= 0.6 is 0 Å². The Bertz CT molecular complexity index is 254. The fourth-order valence-electron chi connectivity index (χ4n) is 1.01. The third-order valence-electron chi connectivity index (χ3n) is 2.08. The Morgan fingerprint density at radius 1 is 1.67 bits per heavy atom. The van der Waals surface area contributed by atoms with Crippen molar-refractivity contribution in [3.05, 3.63) is 30.1 Å². The van der Waals surface area contributed by atoms with Crippen molar-refractivity contribution in [1.82, 2.24) is 4.98 Å². The molecule has 0 aromatic carbocycles. The number of nitrogens with zero attached hydrogens (tertiary/aromatic N) is 1. The van der Waals surface area contributed by atoms with Gasteiger partial charge >= 0.3 is 0 Å². The van der Waals surface area contributed by atoms with Gasteiger partial charge in [0.15, 0.2) is 0 Å². The van der Waals surface area contributed by atoms with Gasteiger partial charge in [-0.25, -0.2) is 0 Å². The first kappa shape index (κ1) is 8.91. The molecule has 0 radical (unpaired) electrons. The van der Waals surface area contributed by atoms with Crippen LogP contribution in [-0.4, -0.2) is 10.7 Å². The second kappa shape index (κ2) is 4.00. The Balaban J connectivity index is 2.79. The molecule has 2 nitrogen and oxygen atoms in total. The molecule has 0 bridgehead atoms. The van der Waals surface area contributed by atoms with Crippen LogP contribution in [0, 0.1) is 11.3 Å². The van der Waals surface area contributed by atoms with Gasteiger partial charge < -0.3 is 5.41 Å². The Morgan fingerprint density at radius 2 is 2.42 bits per heavy atom. The quantitative estimate of drug-likeness (QED) is 0.681. The summed E-state index contributed by atoms with van der Waals surface area (Å²) in [6, 6.07) is 3.80. The van der Waals surface area contributed by atoms with Gasteiger partial charge in [0.05, 0.1) is 0 Å². The summed E-state index contributed by atoms with van der Waals surface area (Å²) in [5.74, 6) is 0.328. The molecule has 0 saturated heterocycles. The van der Waals surface area contributed by atoms with Crippen LogP contribution in [0.2, 0.25) is 0 Å². The smallest absolute Gasteiger partial charge is 0.0429 e. The van der Waals surface area contributed by atoms with Crippen molar-refractivity contribution in [1.29, 1.82) is 5.41 Å². The molecule has 1 rings (SSSR count). The summed E-state index contributed by atoms with van der Waals surface area (Å²) in [5, 5.41) is 7.80. The largest absolute Gasteiger partial charge is 0.304 e. The first-order valence-corrected chi connectivity index (χ1v) is 4.24. The molecule has 0 amide bonds. The topological polar surface area (TPSA) is 36.7 Å². The van der Waals surface area contributed by atoms with Crippen molar-refractivity contribution in [3.63, 3.8) is 0 Å². The molecule has 0 spiro atoms. The van der Waals surface area contributed by atoms with Gasteiger partial charge in [-0.2, -0.15) is 0 Å². The standard InChI is InChI=1S/C10H14N2/c1-3-8(2)10(11)9-5-4-6-12-7-9/h4-8,11H,3H2,1-2H3. The molecule has 12 heavy (non-hydrogen) atoms. The highest BCUT2D eigenvalue weighted by molar-refractivity contribution is 5.99. The summed E-state index contributed by atoms with van der Waals surface area (Å²) in [5.41, 5.74) is 1.62. The van der Waals surface area contributed by atoms with Gasteiger partial charge in [0, 0.05) is 23.7 Å². The van der Waals surface area contributed by atoms with Crippen LogP contribution in [0.1, 0.15) is 25.8 Å². The van der Waals surface area contributed by atoms with Gasteiger partial charge in [0.2, 0.25) is 0 Å². The predicted octanol–water partition coefficient (Wildman–Crippen LogP) is 2.50. The van der Waals surface area contributed by atoms with Gasteiger partial charge in [0.25, 0.3) is 0 Å². The van der Waals surface area contributed by atoms with E-state index in [0.717, 1.165) is 12.0 Å². The lowest BCUT2D eigenvalue weighted by molar-refractivity contribution is 0.736. The lowest BCUT2D eigenvalue weighted by atomic mass is 9.98. The van der Waals surface area contributed by atoms with Crippen molar-refractivity contribution < 1.29 is 0 Å². The van der Waals surface area contributed by atoms with Crippen LogP contribution in [-0.2, 0) is 0 Å². The monoisotopic (exact) mass is 162 g/mol. The second-order valence-corrected chi connectivity index (χ2v) is 2.96. The van der Waals surface area contributed by atoms with E-state index in [-0.39, 0.29) is 0 Å². The molecule has 2 heteroatoms. The molecule has 0 aliphatic carbocycles. The van der Waals surface area contributed by atoms with E-state index in [9.17, 15) is 0 Å². The van der Waals surface area contributed by atoms with Gasteiger partial charge in [-0.15, -0.1) is 0 Å². The van der Waals surface area contributed by atoms with Crippen molar-refractivity contribution in [2.24, 2.45) is 5.92 Å². The molecule has 0 aliphatic rings. The first-order valence-electron chi connectivity index (χ1n) is 4.24. The molecule has 1 heterocycles. The zero-order chi connectivity index (χ0) is 8.97. The maximum atomic E-state index is 7.80. The van der Waals surface area contributed by atoms with E-state index in [2.05, 4.69) is 18.8 Å². The average Bonchev–Trinajstić information content (AvgIpc) is 2.17. The minimum absolute atomic E-state index is 0.328. The molecule has 0 fully saturated rings. The number of hydrogen-bond donors (Lipinski definition) is 1. The van der Waals surface area contributed by atoms with Gasteiger partial charge in [0.1, 0.15) is 0 Å². The molecule has 1 atom stereocenters. The normalized spacial score (nSPS) is 12.5. The van der Waals surface area contributed by atoms with Gasteiger partial charge in [-0.05, 0) is 18.4 Å². The van der Waals surface area contributed by atoms with Crippen LogP contribution in [0.3, 0.4) is 0 Å². The van der Waals surface area contributed by atoms with Crippen LogP contribution in [0.5, 0.6) is 0 Å². The van der Waals surface area contributed by atoms with E-state index in [0.29, 0.717) is 11.6 Å². The zero-order valence-corrected chi connectivity index (χ0v) is 7.54. The first-order chi connectivity index (χ1) is 5.75. The third-order valence-corrected chi connectivity index (χ3v) is 2.08. The maximum absolute atomic E-state index is 7.80.